The molecule has 0 aliphatic heterocycles. The van der Waals surface area contributed by atoms with Crippen LogP contribution in [0.4, 0.5) is 5.69 Å². The van der Waals surface area contributed by atoms with Gasteiger partial charge in [0, 0.05) is 22.9 Å². The number of aryl methyl sites for hydroxylation is 1. The van der Waals surface area contributed by atoms with E-state index in [1.165, 1.54) is 23.5 Å². The third-order valence-electron chi connectivity index (χ3n) is 4.03. The van der Waals surface area contributed by atoms with E-state index < -0.39 is 9.84 Å². The van der Waals surface area contributed by atoms with E-state index in [0.717, 1.165) is 28.1 Å². The monoisotopic (exact) mass is 416 g/mol. The molecule has 0 saturated heterocycles. The zero-order valence-corrected chi connectivity index (χ0v) is 17.4. The SMILES string of the molecule is CCOc1ccc(-c2nc(C(=O)Nc3cc(S(C)(=O)=O)ccc3C)cs2)cc1. The molecule has 146 valence electrons. The summed E-state index contributed by atoms with van der Waals surface area (Å²) in [6.07, 6.45) is 1.13. The Labute approximate surface area is 168 Å². The van der Waals surface area contributed by atoms with Crippen LogP contribution in [-0.2, 0) is 9.84 Å². The van der Waals surface area contributed by atoms with Crippen molar-refractivity contribution in [3.8, 4) is 16.3 Å². The standard InChI is InChI=1S/C20H20N2O4S2/c1-4-26-15-8-6-14(7-9-15)20-22-18(12-27-20)19(23)21-17-11-16(28(3,24)25)10-5-13(17)2/h5-12H,4H2,1-3H3,(H,21,23). The van der Waals surface area contributed by atoms with E-state index in [2.05, 4.69) is 10.3 Å². The number of nitrogens with one attached hydrogen (secondary N) is 1. The van der Waals surface area contributed by atoms with E-state index >= 15 is 0 Å². The molecule has 6 nitrogen and oxygen atoms in total. The van der Waals surface area contributed by atoms with Crippen molar-refractivity contribution in [1.29, 1.82) is 0 Å². The maximum absolute atomic E-state index is 12.6. The van der Waals surface area contributed by atoms with Crippen LogP contribution in [0.1, 0.15) is 23.0 Å². The van der Waals surface area contributed by atoms with E-state index in [-0.39, 0.29) is 16.5 Å². The van der Waals surface area contributed by atoms with Crippen molar-refractivity contribution in [1.82, 2.24) is 4.98 Å². The van der Waals surface area contributed by atoms with Crippen LogP contribution >= 0.6 is 11.3 Å². The van der Waals surface area contributed by atoms with Crippen molar-refractivity contribution in [3.63, 3.8) is 0 Å². The average molecular weight is 417 g/mol. The summed E-state index contributed by atoms with van der Waals surface area (Å²) in [5.74, 6) is 0.393. The number of sulfone groups is 1. The zero-order chi connectivity index (χ0) is 20.3. The molecule has 0 fully saturated rings. The third kappa shape index (κ3) is 4.58. The van der Waals surface area contributed by atoms with Gasteiger partial charge in [0.25, 0.3) is 5.91 Å². The van der Waals surface area contributed by atoms with Crippen molar-refractivity contribution in [3.05, 3.63) is 59.1 Å². The van der Waals surface area contributed by atoms with E-state index in [9.17, 15) is 13.2 Å². The summed E-state index contributed by atoms with van der Waals surface area (Å²) in [6.45, 7) is 4.32. The number of carbonyl (C=O) groups is 1. The molecule has 0 saturated carbocycles. The number of hydrogen-bond donors (Lipinski definition) is 1. The number of ether oxygens (including phenoxy) is 1. The minimum Gasteiger partial charge on any atom is -0.494 e. The van der Waals surface area contributed by atoms with Gasteiger partial charge in [-0.15, -0.1) is 11.3 Å². The van der Waals surface area contributed by atoms with Crippen LogP contribution in [0.3, 0.4) is 0 Å². The molecule has 1 N–H and O–H groups in total. The second-order valence-corrected chi connectivity index (χ2v) is 9.07. The summed E-state index contributed by atoms with van der Waals surface area (Å²) >= 11 is 1.36. The average Bonchev–Trinajstić information content (AvgIpc) is 3.14. The number of carbonyl (C=O) groups excluding carboxylic acids is 1. The largest absolute Gasteiger partial charge is 0.494 e. The van der Waals surface area contributed by atoms with Crippen molar-refractivity contribution >= 4 is 32.8 Å². The van der Waals surface area contributed by atoms with Gasteiger partial charge in [0.05, 0.1) is 11.5 Å². The predicted octanol–water partition coefficient (Wildman–Crippen LogP) is 4.17. The normalized spacial score (nSPS) is 11.2. The summed E-state index contributed by atoms with van der Waals surface area (Å²) < 4.78 is 28.9. The lowest BCUT2D eigenvalue weighted by Gasteiger charge is -2.09. The topological polar surface area (TPSA) is 85.4 Å². The molecule has 8 heteroatoms. The van der Waals surface area contributed by atoms with Gasteiger partial charge in [-0.2, -0.15) is 0 Å². The van der Waals surface area contributed by atoms with Crippen molar-refractivity contribution < 1.29 is 17.9 Å². The first-order valence-corrected chi connectivity index (χ1v) is 11.4. The predicted molar refractivity (Wildman–Crippen MR) is 111 cm³/mol. The van der Waals surface area contributed by atoms with Crippen LogP contribution in [0.25, 0.3) is 10.6 Å². The van der Waals surface area contributed by atoms with Gasteiger partial charge in [0.2, 0.25) is 0 Å². The Bertz CT molecular complexity index is 1100. The molecule has 3 rings (SSSR count). The molecule has 0 atom stereocenters. The first-order valence-electron chi connectivity index (χ1n) is 8.58. The zero-order valence-electron chi connectivity index (χ0n) is 15.7. The molecule has 0 aliphatic carbocycles. The Kier molecular flexibility index (Phi) is 5.81. The van der Waals surface area contributed by atoms with Gasteiger partial charge >= 0.3 is 0 Å². The quantitative estimate of drug-likeness (QED) is 0.652. The summed E-state index contributed by atoms with van der Waals surface area (Å²) in [6, 6.07) is 12.2. The fourth-order valence-corrected chi connectivity index (χ4v) is 3.98. The molecule has 3 aromatic rings. The van der Waals surface area contributed by atoms with Crippen LogP contribution in [0.5, 0.6) is 5.75 Å². The summed E-state index contributed by atoms with van der Waals surface area (Å²) in [5, 5.41) is 5.15. The van der Waals surface area contributed by atoms with Crippen LogP contribution in [0, 0.1) is 6.92 Å². The van der Waals surface area contributed by atoms with E-state index in [4.69, 9.17) is 4.74 Å². The highest BCUT2D eigenvalue weighted by Crippen LogP contribution is 2.27. The van der Waals surface area contributed by atoms with Crippen LogP contribution in [0.15, 0.2) is 52.7 Å². The molecular weight excluding hydrogens is 396 g/mol. The van der Waals surface area contributed by atoms with E-state index in [1.54, 1.807) is 18.4 Å². The van der Waals surface area contributed by atoms with Gasteiger partial charge in [-0.05, 0) is 55.8 Å². The number of rotatable bonds is 6. The Morgan fingerprint density at radius 2 is 1.89 bits per heavy atom. The molecule has 0 spiro atoms. The lowest BCUT2D eigenvalue weighted by molar-refractivity contribution is 0.102. The highest BCUT2D eigenvalue weighted by atomic mass is 32.2. The molecule has 2 aromatic carbocycles. The molecule has 28 heavy (non-hydrogen) atoms. The highest BCUT2D eigenvalue weighted by molar-refractivity contribution is 7.90. The molecular formula is C20H20N2O4S2. The van der Waals surface area contributed by atoms with Crippen molar-refractivity contribution in [2.75, 3.05) is 18.2 Å². The number of benzene rings is 2. The van der Waals surface area contributed by atoms with Gasteiger partial charge in [-0.1, -0.05) is 6.07 Å². The lowest BCUT2D eigenvalue weighted by Crippen LogP contribution is -2.13. The number of hydrogen-bond acceptors (Lipinski definition) is 6. The fourth-order valence-electron chi connectivity index (χ4n) is 2.52. The number of anilines is 1. The summed E-state index contributed by atoms with van der Waals surface area (Å²) in [4.78, 5) is 17.1. The molecule has 0 radical (unpaired) electrons. The van der Waals surface area contributed by atoms with Gasteiger partial charge in [-0.25, -0.2) is 13.4 Å². The molecule has 0 aliphatic rings. The van der Waals surface area contributed by atoms with Crippen LogP contribution in [0.2, 0.25) is 0 Å². The van der Waals surface area contributed by atoms with Gasteiger partial charge in [0.15, 0.2) is 9.84 Å². The van der Waals surface area contributed by atoms with Crippen LogP contribution in [-0.4, -0.2) is 32.2 Å². The number of thiazole rings is 1. The number of amides is 1. The Hall–Kier alpha value is -2.71. The van der Waals surface area contributed by atoms with Crippen molar-refractivity contribution in [2.45, 2.75) is 18.7 Å². The van der Waals surface area contributed by atoms with Gasteiger partial charge < -0.3 is 10.1 Å². The minimum absolute atomic E-state index is 0.154. The molecule has 1 aromatic heterocycles. The number of aromatic nitrogens is 1. The molecule has 1 amide bonds. The summed E-state index contributed by atoms with van der Waals surface area (Å²) in [5.41, 5.74) is 2.38. The van der Waals surface area contributed by atoms with Crippen LogP contribution < -0.4 is 10.1 Å². The Morgan fingerprint density at radius 3 is 2.54 bits per heavy atom. The fraction of sp³-hybridized carbons (Fsp3) is 0.200. The molecule has 0 bridgehead atoms. The Morgan fingerprint density at radius 1 is 1.18 bits per heavy atom. The lowest BCUT2D eigenvalue weighted by atomic mass is 10.2. The van der Waals surface area contributed by atoms with Gasteiger partial charge in [0.1, 0.15) is 16.5 Å². The second kappa shape index (κ2) is 8.12. The number of nitrogens with zero attached hydrogens (tertiary/aromatic N) is 1. The maximum atomic E-state index is 12.6. The first-order chi connectivity index (χ1) is 13.3. The highest BCUT2D eigenvalue weighted by Gasteiger charge is 2.15. The molecule has 1 heterocycles. The Balaban J connectivity index is 1.79. The maximum Gasteiger partial charge on any atom is 0.275 e. The molecule has 0 unspecified atom stereocenters. The summed E-state index contributed by atoms with van der Waals surface area (Å²) in [7, 11) is -3.36. The third-order valence-corrected chi connectivity index (χ3v) is 6.04. The smallest absolute Gasteiger partial charge is 0.275 e. The van der Waals surface area contributed by atoms with Gasteiger partial charge in [-0.3, -0.25) is 4.79 Å². The first kappa shape index (κ1) is 20.0. The minimum atomic E-state index is -3.36. The van der Waals surface area contributed by atoms with E-state index in [1.807, 2.05) is 31.2 Å². The second-order valence-electron chi connectivity index (χ2n) is 6.20. The van der Waals surface area contributed by atoms with E-state index in [0.29, 0.717) is 12.3 Å². The van der Waals surface area contributed by atoms with Crippen molar-refractivity contribution in [2.24, 2.45) is 0 Å².